The van der Waals surface area contributed by atoms with Crippen LogP contribution in [-0.4, -0.2) is 14.2 Å². The number of hydrogen-bond acceptors (Lipinski definition) is 2. The monoisotopic (exact) mass is 332 g/mol. The summed E-state index contributed by atoms with van der Waals surface area (Å²) in [5.41, 5.74) is 0. The van der Waals surface area contributed by atoms with Crippen LogP contribution < -0.4 is 5.14 Å². The normalized spacial score (nSPS) is 11.9. The van der Waals surface area contributed by atoms with Crippen molar-refractivity contribution in [1.82, 2.24) is 0 Å². The topological polar surface area (TPSA) is 60.2 Å². The largest absolute Gasteiger partial charge is 0.229 e. The van der Waals surface area contributed by atoms with Gasteiger partial charge in [-0.1, -0.05) is 103 Å². The molecule has 3 nitrogen and oxygen atoms in total. The molecule has 0 saturated heterocycles. The zero-order chi connectivity index (χ0) is 16.5. The first kappa shape index (κ1) is 21.9. The molecule has 0 aromatic rings. The van der Waals surface area contributed by atoms with E-state index in [9.17, 15) is 8.42 Å². The van der Waals surface area contributed by atoms with Crippen molar-refractivity contribution >= 4 is 10.0 Å². The fourth-order valence-corrected chi connectivity index (χ4v) is 3.38. The third-order valence-electron chi connectivity index (χ3n) is 4.18. The Bertz CT molecular complexity index is 315. The van der Waals surface area contributed by atoms with Gasteiger partial charge in [-0.15, -0.1) is 0 Å². The van der Waals surface area contributed by atoms with E-state index < -0.39 is 10.0 Å². The van der Waals surface area contributed by atoms with Gasteiger partial charge in [0.1, 0.15) is 0 Å². The van der Waals surface area contributed by atoms with Gasteiger partial charge in [-0.3, -0.25) is 0 Å². The summed E-state index contributed by atoms with van der Waals surface area (Å²) in [7, 11) is -3.25. The second kappa shape index (κ2) is 15.8. The first-order valence-electron chi connectivity index (χ1n) is 9.36. The first-order valence-corrected chi connectivity index (χ1v) is 11.1. The molecule has 0 spiro atoms. The van der Waals surface area contributed by atoms with Gasteiger partial charge in [-0.2, -0.15) is 0 Å². The number of sulfonamides is 1. The van der Waals surface area contributed by atoms with Gasteiger partial charge in [-0.25, -0.2) is 13.6 Å². The summed E-state index contributed by atoms with van der Waals surface area (Å²) in [6, 6.07) is 0. The highest BCUT2D eigenvalue weighted by Gasteiger charge is 2.01. The fraction of sp³-hybridized carbons (Fsp3) is 0.944. The van der Waals surface area contributed by atoms with Crippen LogP contribution in [-0.2, 0) is 10.0 Å². The van der Waals surface area contributed by atoms with E-state index in [-0.39, 0.29) is 5.75 Å². The summed E-state index contributed by atoms with van der Waals surface area (Å²) in [6.07, 6.45) is 20.2. The molecule has 0 amide bonds. The van der Waals surface area contributed by atoms with E-state index in [1.165, 1.54) is 77.0 Å². The smallest absolute Gasteiger partial charge is 0.209 e. The first-order chi connectivity index (χ1) is 10.6. The maximum Gasteiger partial charge on any atom is 0.209 e. The maximum atomic E-state index is 10.8. The van der Waals surface area contributed by atoms with Gasteiger partial charge in [0, 0.05) is 0 Å². The molecule has 0 rings (SSSR count). The van der Waals surface area contributed by atoms with E-state index >= 15 is 0 Å². The SMILES string of the molecule is [CH2]CCCCCCCCCCCCCCCCCS(N)(=O)=O. The lowest BCUT2D eigenvalue weighted by molar-refractivity contribution is 0.532. The molecule has 2 N–H and O–H groups in total. The lowest BCUT2D eigenvalue weighted by atomic mass is 10.0. The van der Waals surface area contributed by atoms with Crippen LogP contribution >= 0.6 is 0 Å². The molecule has 0 unspecified atom stereocenters. The zero-order valence-electron chi connectivity index (χ0n) is 14.5. The average molecular weight is 333 g/mol. The van der Waals surface area contributed by atoms with Gasteiger partial charge in [0.15, 0.2) is 0 Å². The Balaban J connectivity index is 3.03. The van der Waals surface area contributed by atoms with Gasteiger partial charge in [0.25, 0.3) is 0 Å². The van der Waals surface area contributed by atoms with Crippen molar-refractivity contribution in [2.24, 2.45) is 5.14 Å². The summed E-state index contributed by atoms with van der Waals surface area (Å²) in [5, 5.41) is 4.97. The quantitative estimate of drug-likeness (QED) is 0.365. The Hall–Kier alpha value is -0.0900. The van der Waals surface area contributed by atoms with E-state index in [0.29, 0.717) is 6.42 Å². The van der Waals surface area contributed by atoms with Gasteiger partial charge in [0.05, 0.1) is 5.75 Å². The molecule has 1 radical (unpaired) electrons. The molecule has 4 heteroatoms. The van der Waals surface area contributed by atoms with Crippen LogP contribution in [0.5, 0.6) is 0 Å². The Morgan fingerprint density at radius 3 is 1.09 bits per heavy atom. The molecular weight excluding hydrogens is 294 g/mol. The van der Waals surface area contributed by atoms with Crippen molar-refractivity contribution in [2.45, 2.75) is 103 Å². The van der Waals surface area contributed by atoms with Crippen molar-refractivity contribution in [3.8, 4) is 0 Å². The molecule has 0 heterocycles. The van der Waals surface area contributed by atoms with E-state index in [2.05, 4.69) is 6.92 Å². The van der Waals surface area contributed by atoms with Gasteiger partial charge in [-0.05, 0) is 6.42 Å². The molecule has 0 bridgehead atoms. The van der Waals surface area contributed by atoms with Crippen LogP contribution in [0.25, 0.3) is 0 Å². The van der Waals surface area contributed by atoms with Crippen LogP contribution in [0.4, 0.5) is 0 Å². The predicted molar refractivity (Wildman–Crippen MR) is 97.2 cm³/mol. The van der Waals surface area contributed by atoms with Gasteiger partial charge < -0.3 is 0 Å². The van der Waals surface area contributed by atoms with Crippen molar-refractivity contribution in [2.75, 3.05) is 5.75 Å². The number of primary sulfonamides is 1. The van der Waals surface area contributed by atoms with Crippen LogP contribution in [0, 0.1) is 6.92 Å². The Morgan fingerprint density at radius 1 is 0.545 bits per heavy atom. The molecule has 0 aliphatic carbocycles. The van der Waals surface area contributed by atoms with Crippen molar-refractivity contribution < 1.29 is 8.42 Å². The summed E-state index contributed by atoms with van der Waals surface area (Å²) in [4.78, 5) is 0. The molecule has 0 aliphatic heterocycles. The Morgan fingerprint density at radius 2 is 0.818 bits per heavy atom. The minimum Gasteiger partial charge on any atom is -0.229 e. The van der Waals surface area contributed by atoms with Gasteiger partial charge >= 0.3 is 0 Å². The molecule has 0 aliphatic rings. The fourth-order valence-electron chi connectivity index (χ4n) is 2.78. The summed E-state index contributed by atoms with van der Waals surface area (Å²) in [5.74, 6) is 0.141. The second-order valence-corrected chi connectivity index (χ2v) is 8.26. The van der Waals surface area contributed by atoms with Crippen LogP contribution in [0.3, 0.4) is 0 Å². The van der Waals surface area contributed by atoms with Gasteiger partial charge in [0.2, 0.25) is 10.0 Å². The van der Waals surface area contributed by atoms with E-state index in [4.69, 9.17) is 5.14 Å². The summed E-state index contributed by atoms with van der Waals surface area (Å²) < 4.78 is 21.5. The van der Waals surface area contributed by atoms with E-state index in [1.807, 2.05) is 0 Å². The summed E-state index contributed by atoms with van der Waals surface area (Å²) >= 11 is 0. The molecule has 0 fully saturated rings. The summed E-state index contributed by atoms with van der Waals surface area (Å²) in [6.45, 7) is 3.87. The van der Waals surface area contributed by atoms with Crippen molar-refractivity contribution in [3.63, 3.8) is 0 Å². The minimum atomic E-state index is -3.25. The zero-order valence-corrected chi connectivity index (χ0v) is 15.3. The second-order valence-electron chi connectivity index (χ2n) is 6.52. The average Bonchev–Trinajstić information content (AvgIpc) is 2.45. The van der Waals surface area contributed by atoms with E-state index in [0.717, 1.165) is 19.3 Å². The minimum absolute atomic E-state index is 0.141. The highest BCUT2D eigenvalue weighted by atomic mass is 32.2. The number of rotatable bonds is 17. The third-order valence-corrected chi connectivity index (χ3v) is 5.04. The molecule has 0 atom stereocenters. The van der Waals surface area contributed by atoms with Crippen molar-refractivity contribution in [1.29, 1.82) is 0 Å². The van der Waals surface area contributed by atoms with Crippen molar-refractivity contribution in [3.05, 3.63) is 6.92 Å². The third kappa shape index (κ3) is 19.9. The number of unbranched alkanes of at least 4 members (excludes halogenated alkanes) is 15. The lowest BCUT2D eigenvalue weighted by Crippen LogP contribution is -2.16. The predicted octanol–water partition coefficient (Wildman–Crippen LogP) is 5.35. The van der Waals surface area contributed by atoms with Crippen LogP contribution in [0.15, 0.2) is 0 Å². The van der Waals surface area contributed by atoms with E-state index in [1.54, 1.807) is 0 Å². The molecule has 22 heavy (non-hydrogen) atoms. The Labute approximate surface area is 139 Å². The van der Waals surface area contributed by atoms with Crippen LogP contribution in [0.1, 0.15) is 103 Å². The lowest BCUT2D eigenvalue weighted by Gasteiger charge is -2.03. The van der Waals surface area contributed by atoms with Crippen LogP contribution in [0.2, 0.25) is 0 Å². The number of nitrogens with two attached hydrogens (primary N) is 1. The number of hydrogen-bond donors (Lipinski definition) is 1. The Kier molecular flexibility index (Phi) is 15.7. The highest BCUT2D eigenvalue weighted by molar-refractivity contribution is 7.89. The maximum absolute atomic E-state index is 10.8. The molecule has 0 aromatic carbocycles. The molecular formula is C18H38NO2S. The molecule has 133 valence electrons. The molecule has 0 aromatic heterocycles. The highest BCUT2D eigenvalue weighted by Crippen LogP contribution is 2.13. The molecule has 0 saturated carbocycles. The standard InChI is InChI=1S/C18H38NO2S/c1-2-3-4-5-6-7-8-9-10-11-12-13-14-15-16-17-18-22(19,20)21/h1-18H2,(H2,19,20,21).